The molecule has 0 saturated heterocycles. The van der Waals surface area contributed by atoms with E-state index in [9.17, 15) is 4.79 Å². The first-order valence-electron chi connectivity index (χ1n) is 10.3. The summed E-state index contributed by atoms with van der Waals surface area (Å²) in [7, 11) is 0. The third kappa shape index (κ3) is 5.03. The second-order valence-electron chi connectivity index (χ2n) is 8.28. The Morgan fingerprint density at radius 2 is 1.62 bits per heavy atom. The molecule has 1 amide bonds. The first-order valence-corrected chi connectivity index (χ1v) is 11.2. The number of anilines is 1. The van der Waals surface area contributed by atoms with Gasteiger partial charge in [0, 0.05) is 18.7 Å². The molecule has 3 rings (SSSR count). The Labute approximate surface area is 178 Å². The van der Waals surface area contributed by atoms with E-state index in [1.54, 1.807) is 11.3 Å². The van der Waals surface area contributed by atoms with E-state index in [0.717, 1.165) is 35.0 Å². The maximum Gasteiger partial charge on any atom is 0.260 e. The first kappa shape index (κ1) is 21.5. The number of likely N-dealkylation sites (N-methyl/N-ethyl adjacent to an activating group) is 1. The lowest BCUT2D eigenvalue weighted by molar-refractivity contribution is 0.0983. The summed E-state index contributed by atoms with van der Waals surface area (Å²) in [5.74, 6) is 0.0108. The van der Waals surface area contributed by atoms with Crippen LogP contribution in [0.1, 0.15) is 50.5 Å². The van der Waals surface area contributed by atoms with Crippen LogP contribution < -0.4 is 4.90 Å². The molecule has 0 N–H and O–H groups in total. The number of thiazole rings is 1. The van der Waals surface area contributed by atoms with Crippen molar-refractivity contribution in [2.75, 3.05) is 31.1 Å². The summed E-state index contributed by atoms with van der Waals surface area (Å²) in [6.45, 7) is 14.2. The zero-order chi connectivity index (χ0) is 21.0. The summed E-state index contributed by atoms with van der Waals surface area (Å²) in [5.41, 5.74) is 2.94. The van der Waals surface area contributed by atoms with Crippen molar-refractivity contribution < 1.29 is 4.79 Å². The smallest absolute Gasteiger partial charge is 0.260 e. The predicted molar refractivity (Wildman–Crippen MR) is 124 cm³/mol. The number of benzene rings is 2. The molecule has 154 valence electrons. The fourth-order valence-electron chi connectivity index (χ4n) is 3.31. The van der Waals surface area contributed by atoms with E-state index < -0.39 is 0 Å². The van der Waals surface area contributed by atoms with E-state index in [1.807, 2.05) is 35.2 Å². The highest BCUT2D eigenvalue weighted by Crippen LogP contribution is 2.30. The van der Waals surface area contributed by atoms with Crippen LogP contribution in [0.3, 0.4) is 0 Å². The third-order valence-electron chi connectivity index (χ3n) is 5.29. The Morgan fingerprint density at radius 1 is 0.966 bits per heavy atom. The van der Waals surface area contributed by atoms with Gasteiger partial charge in [-0.05, 0) is 48.3 Å². The first-order chi connectivity index (χ1) is 13.8. The highest BCUT2D eigenvalue weighted by atomic mass is 32.1. The Bertz CT molecular complexity index is 919. The van der Waals surface area contributed by atoms with E-state index >= 15 is 0 Å². The average molecular weight is 410 g/mol. The maximum absolute atomic E-state index is 13.4. The number of fused-ring (bicyclic) bond motifs is 1. The molecule has 4 nitrogen and oxygen atoms in total. The number of amides is 1. The molecule has 3 aromatic rings. The van der Waals surface area contributed by atoms with Gasteiger partial charge in [0.2, 0.25) is 0 Å². The van der Waals surface area contributed by atoms with Crippen LogP contribution in [0.2, 0.25) is 0 Å². The molecule has 29 heavy (non-hydrogen) atoms. The zero-order valence-electron chi connectivity index (χ0n) is 18.1. The minimum Gasteiger partial charge on any atom is -0.302 e. The largest absolute Gasteiger partial charge is 0.302 e. The van der Waals surface area contributed by atoms with E-state index in [0.29, 0.717) is 12.1 Å². The number of hydrogen-bond acceptors (Lipinski definition) is 4. The van der Waals surface area contributed by atoms with Crippen molar-refractivity contribution in [3.63, 3.8) is 0 Å². The molecule has 0 aliphatic heterocycles. The number of carbonyl (C=O) groups excluding carboxylic acids is 1. The summed E-state index contributed by atoms with van der Waals surface area (Å²) in [6, 6.07) is 16.1. The van der Waals surface area contributed by atoms with Crippen LogP contribution >= 0.6 is 11.3 Å². The van der Waals surface area contributed by atoms with Crippen LogP contribution in [0.4, 0.5) is 5.13 Å². The van der Waals surface area contributed by atoms with Gasteiger partial charge in [-0.1, -0.05) is 70.2 Å². The molecule has 0 saturated carbocycles. The van der Waals surface area contributed by atoms with E-state index in [2.05, 4.69) is 57.7 Å². The van der Waals surface area contributed by atoms with E-state index in [4.69, 9.17) is 4.98 Å². The summed E-state index contributed by atoms with van der Waals surface area (Å²) < 4.78 is 1.10. The number of aromatic nitrogens is 1. The second kappa shape index (κ2) is 9.06. The Kier molecular flexibility index (Phi) is 6.70. The summed E-state index contributed by atoms with van der Waals surface area (Å²) >= 11 is 1.58. The van der Waals surface area contributed by atoms with Crippen LogP contribution in [-0.2, 0) is 5.41 Å². The molecule has 0 atom stereocenters. The molecule has 0 aliphatic carbocycles. The normalized spacial score (nSPS) is 11.9. The lowest BCUT2D eigenvalue weighted by Crippen LogP contribution is -2.38. The van der Waals surface area contributed by atoms with Gasteiger partial charge in [-0.2, -0.15) is 0 Å². The summed E-state index contributed by atoms with van der Waals surface area (Å²) in [6.07, 6.45) is 0. The van der Waals surface area contributed by atoms with Crippen molar-refractivity contribution in [1.29, 1.82) is 0 Å². The van der Waals surface area contributed by atoms with Crippen molar-refractivity contribution in [2.24, 2.45) is 0 Å². The van der Waals surface area contributed by atoms with E-state index in [1.165, 1.54) is 5.56 Å². The predicted octanol–water partition coefficient (Wildman–Crippen LogP) is 5.58. The molecule has 0 spiro atoms. The number of carbonyl (C=O) groups is 1. The van der Waals surface area contributed by atoms with Gasteiger partial charge in [0.15, 0.2) is 5.13 Å². The van der Waals surface area contributed by atoms with Crippen LogP contribution in [-0.4, -0.2) is 42.0 Å². The molecule has 0 aliphatic rings. The van der Waals surface area contributed by atoms with Gasteiger partial charge in [0.25, 0.3) is 5.91 Å². The maximum atomic E-state index is 13.4. The van der Waals surface area contributed by atoms with Crippen molar-refractivity contribution in [2.45, 2.75) is 40.0 Å². The van der Waals surface area contributed by atoms with Crippen molar-refractivity contribution in [1.82, 2.24) is 9.88 Å². The molecule has 1 aromatic heterocycles. The Morgan fingerprint density at radius 3 is 2.21 bits per heavy atom. The summed E-state index contributed by atoms with van der Waals surface area (Å²) in [4.78, 5) is 22.4. The van der Waals surface area contributed by atoms with Crippen molar-refractivity contribution in [3.05, 3.63) is 59.7 Å². The fraction of sp³-hybridized carbons (Fsp3) is 0.417. The van der Waals surface area contributed by atoms with Gasteiger partial charge in [-0.15, -0.1) is 0 Å². The topological polar surface area (TPSA) is 36.4 Å². The monoisotopic (exact) mass is 409 g/mol. The van der Waals surface area contributed by atoms with Gasteiger partial charge in [0.05, 0.1) is 10.2 Å². The SMILES string of the molecule is CCN(CC)CCN(C(=O)c1ccc(C(C)(C)C)cc1)c1nc2ccccc2s1. The lowest BCUT2D eigenvalue weighted by Gasteiger charge is -2.25. The average Bonchev–Trinajstić information content (AvgIpc) is 3.14. The van der Waals surface area contributed by atoms with Gasteiger partial charge < -0.3 is 4.90 Å². The summed E-state index contributed by atoms with van der Waals surface area (Å²) in [5, 5.41) is 0.767. The Balaban J connectivity index is 1.92. The van der Waals surface area contributed by atoms with Crippen molar-refractivity contribution in [3.8, 4) is 0 Å². The molecule has 0 radical (unpaired) electrons. The van der Waals surface area contributed by atoms with Crippen LogP contribution in [0.25, 0.3) is 10.2 Å². The number of hydrogen-bond donors (Lipinski definition) is 0. The highest BCUT2D eigenvalue weighted by Gasteiger charge is 2.22. The van der Waals surface area contributed by atoms with Gasteiger partial charge in [-0.3, -0.25) is 9.69 Å². The lowest BCUT2D eigenvalue weighted by atomic mass is 9.86. The fourth-order valence-corrected chi connectivity index (χ4v) is 4.30. The van der Waals surface area contributed by atoms with Gasteiger partial charge >= 0.3 is 0 Å². The standard InChI is InChI=1S/C24H31N3OS/c1-6-26(7-2)16-17-27(23-25-20-10-8-9-11-21(20)29-23)22(28)18-12-14-19(15-13-18)24(3,4)5/h8-15H,6-7,16-17H2,1-5H3. The number of nitrogens with zero attached hydrogens (tertiary/aromatic N) is 3. The quantitative estimate of drug-likeness (QED) is 0.511. The number of para-hydroxylation sites is 1. The molecule has 1 heterocycles. The van der Waals surface area contributed by atoms with Crippen LogP contribution in [0.15, 0.2) is 48.5 Å². The molecular formula is C24H31N3OS. The molecule has 2 aromatic carbocycles. The highest BCUT2D eigenvalue weighted by molar-refractivity contribution is 7.22. The van der Waals surface area contributed by atoms with E-state index in [-0.39, 0.29) is 11.3 Å². The molecule has 0 fully saturated rings. The minimum absolute atomic E-state index is 0.0108. The third-order valence-corrected chi connectivity index (χ3v) is 6.35. The molecular weight excluding hydrogens is 378 g/mol. The molecule has 0 bridgehead atoms. The Hall–Kier alpha value is -2.24. The zero-order valence-corrected chi connectivity index (χ0v) is 18.9. The second-order valence-corrected chi connectivity index (χ2v) is 9.28. The molecule has 5 heteroatoms. The van der Waals surface area contributed by atoms with Crippen LogP contribution in [0, 0.1) is 0 Å². The molecule has 0 unspecified atom stereocenters. The number of rotatable bonds is 7. The van der Waals surface area contributed by atoms with Gasteiger partial charge in [-0.25, -0.2) is 4.98 Å². The van der Waals surface area contributed by atoms with Gasteiger partial charge in [0.1, 0.15) is 0 Å². The minimum atomic E-state index is 0.0108. The van der Waals surface area contributed by atoms with Crippen LogP contribution in [0.5, 0.6) is 0 Å². The van der Waals surface area contributed by atoms with Crippen molar-refractivity contribution >= 4 is 32.6 Å².